The van der Waals surface area contributed by atoms with Gasteiger partial charge >= 0.3 is 5.82 Å². The number of hydrogen-bond acceptors (Lipinski definition) is 5. The number of nitrogens with zero attached hydrogens (tertiary/aromatic N) is 4. The lowest BCUT2D eigenvalue weighted by Gasteiger charge is -2.11. The van der Waals surface area contributed by atoms with Crippen LogP contribution in [0.25, 0.3) is 11.1 Å². The summed E-state index contributed by atoms with van der Waals surface area (Å²) in [4.78, 5) is 14.4. The smallest absolute Gasteiger partial charge is 0.358 e. The Morgan fingerprint density at radius 3 is 2.80 bits per heavy atom. The van der Waals surface area contributed by atoms with E-state index in [2.05, 4.69) is 15.4 Å². The fourth-order valence-electron chi connectivity index (χ4n) is 2.58. The number of hydrogen-bond donors (Lipinski definition) is 1. The molecule has 9 heteroatoms. The van der Waals surface area contributed by atoms with Gasteiger partial charge in [0, 0.05) is 18.2 Å². The lowest BCUT2D eigenvalue weighted by molar-refractivity contribution is -0.388. The van der Waals surface area contributed by atoms with Gasteiger partial charge in [-0.3, -0.25) is 4.68 Å². The van der Waals surface area contributed by atoms with Crippen molar-refractivity contribution in [1.82, 2.24) is 14.8 Å². The molecule has 7 nitrogen and oxygen atoms in total. The zero-order chi connectivity index (χ0) is 18.1. The van der Waals surface area contributed by atoms with Gasteiger partial charge in [-0.15, -0.1) is 0 Å². The van der Waals surface area contributed by atoms with Crippen molar-refractivity contribution in [2.75, 3.05) is 5.32 Å². The number of aromatic nitrogens is 3. The molecule has 128 valence electrons. The summed E-state index contributed by atoms with van der Waals surface area (Å²) in [5.74, 6) is -0.271. The van der Waals surface area contributed by atoms with E-state index in [1.54, 1.807) is 36.9 Å². The second-order valence-electron chi connectivity index (χ2n) is 5.31. The third kappa shape index (κ3) is 3.16. The number of benzene rings is 1. The molecule has 0 fully saturated rings. The SMILES string of the molecule is Cc1nn(C)c(Nc2cccnc2[N+](=O)[O-])c1-c1ccc(F)cc1Cl. The van der Waals surface area contributed by atoms with E-state index in [-0.39, 0.29) is 16.5 Å². The highest BCUT2D eigenvalue weighted by atomic mass is 35.5. The summed E-state index contributed by atoms with van der Waals surface area (Å²) < 4.78 is 14.9. The van der Waals surface area contributed by atoms with E-state index >= 15 is 0 Å². The summed E-state index contributed by atoms with van der Waals surface area (Å²) in [5.41, 5.74) is 2.06. The third-order valence-electron chi connectivity index (χ3n) is 3.64. The van der Waals surface area contributed by atoms with Crippen molar-refractivity contribution in [3.8, 4) is 11.1 Å². The maximum atomic E-state index is 13.4. The molecule has 0 unspecified atom stereocenters. The van der Waals surface area contributed by atoms with Crippen LogP contribution in [0.3, 0.4) is 0 Å². The van der Waals surface area contributed by atoms with Crippen LogP contribution in [0, 0.1) is 22.9 Å². The number of rotatable bonds is 4. The molecule has 0 bridgehead atoms. The highest BCUT2D eigenvalue weighted by Crippen LogP contribution is 2.38. The van der Waals surface area contributed by atoms with Gasteiger partial charge in [0.25, 0.3) is 0 Å². The van der Waals surface area contributed by atoms with Gasteiger partial charge in [-0.1, -0.05) is 11.6 Å². The molecule has 1 N–H and O–H groups in total. The minimum Gasteiger partial charge on any atom is -0.358 e. The second kappa shape index (κ2) is 6.48. The van der Waals surface area contributed by atoms with Crippen LogP contribution in [-0.4, -0.2) is 19.7 Å². The first-order valence-electron chi connectivity index (χ1n) is 7.24. The summed E-state index contributed by atoms with van der Waals surface area (Å²) >= 11 is 6.18. The van der Waals surface area contributed by atoms with Crippen LogP contribution in [0.4, 0.5) is 21.7 Å². The van der Waals surface area contributed by atoms with Crippen molar-refractivity contribution < 1.29 is 9.31 Å². The quantitative estimate of drug-likeness (QED) is 0.555. The van der Waals surface area contributed by atoms with Crippen LogP contribution in [0.15, 0.2) is 36.5 Å². The topological polar surface area (TPSA) is 85.9 Å². The number of aryl methyl sites for hydroxylation is 2. The average molecular weight is 362 g/mol. The molecule has 1 aromatic carbocycles. The van der Waals surface area contributed by atoms with Crippen molar-refractivity contribution >= 4 is 28.9 Å². The highest BCUT2D eigenvalue weighted by molar-refractivity contribution is 6.33. The van der Waals surface area contributed by atoms with E-state index in [0.717, 1.165) is 0 Å². The molecule has 0 saturated heterocycles. The Hall–Kier alpha value is -3.00. The first-order chi connectivity index (χ1) is 11.9. The van der Waals surface area contributed by atoms with Gasteiger partial charge in [-0.25, -0.2) is 4.39 Å². The molecule has 0 aliphatic rings. The molecule has 3 rings (SSSR count). The van der Waals surface area contributed by atoms with Crippen LogP contribution in [-0.2, 0) is 7.05 Å². The molecule has 25 heavy (non-hydrogen) atoms. The zero-order valence-corrected chi connectivity index (χ0v) is 14.1. The Bertz CT molecular complexity index is 973. The Kier molecular flexibility index (Phi) is 4.37. The number of anilines is 2. The molecule has 2 heterocycles. The van der Waals surface area contributed by atoms with Crippen LogP contribution < -0.4 is 5.32 Å². The van der Waals surface area contributed by atoms with Crippen molar-refractivity contribution in [1.29, 1.82) is 0 Å². The van der Waals surface area contributed by atoms with Gasteiger partial charge in [-0.2, -0.15) is 5.10 Å². The number of pyridine rings is 1. The highest BCUT2D eigenvalue weighted by Gasteiger charge is 2.21. The largest absolute Gasteiger partial charge is 0.387 e. The summed E-state index contributed by atoms with van der Waals surface area (Å²) in [6, 6.07) is 7.18. The molecule has 3 aromatic rings. The first-order valence-corrected chi connectivity index (χ1v) is 7.61. The molecule has 0 saturated carbocycles. The summed E-state index contributed by atoms with van der Waals surface area (Å²) in [5, 5.41) is 18.7. The zero-order valence-electron chi connectivity index (χ0n) is 13.3. The van der Waals surface area contributed by atoms with Crippen LogP contribution in [0.1, 0.15) is 5.69 Å². The van der Waals surface area contributed by atoms with E-state index in [9.17, 15) is 14.5 Å². The molecule has 0 spiro atoms. The molecule has 0 atom stereocenters. The minimum atomic E-state index is -0.573. The van der Waals surface area contributed by atoms with Crippen molar-refractivity contribution in [2.45, 2.75) is 6.92 Å². The lowest BCUT2D eigenvalue weighted by atomic mass is 10.1. The number of halogens is 2. The van der Waals surface area contributed by atoms with Gasteiger partial charge in [0.05, 0.1) is 10.7 Å². The van der Waals surface area contributed by atoms with Crippen molar-refractivity contribution in [2.24, 2.45) is 7.05 Å². The van der Waals surface area contributed by atoms with Gasteiger partial charge in [-0.05, 0) is 47.2 Å². The molecule has 0 amide bonds. The van der Waals surface area contributed by atoms with Crippen LogP contribution in [0.2, 0.25) is 5.02 Å². The minimum absolute atomic E-state index is 0.218. The van der Waals surface area contributed by atoms with Gasteiger partial charge in [0.15, 0.2) is 0 Å². The van der Waals surface area contributed by atoms with E-state index in [1.807, 2.05) is 0 Å². The molecule has 0 aliphatic carbocycles. The number of nitrogens with one attached hydrogen (secondary N) is 1. The molecular weight excluding hydrogens is 349 g/mol. The predicted octanol–water partition coefficient (Wildman–Crippen LogP) is 4.23. The average Bonchev–Trinajstić information content (AvgIpc) is 2.82. The first kappa shape index (κ1) is 16.8. The third-order valence-corrected chi connectivity index (χ3v) is 3.95. The van der Waals surface area contributed by atoms with Gasteiger partial charge < -0.3 is 15.4 Å². The van der Waals surface area contributed by atoms with Crippen LogP contribution >= 0.6 is 11.6 Å². The van der Waals surface area contributed by atoms with Crippen LogP contribution in [0.5, 0.6) is 0 Å². The Labute approximate surface area is 147 Å². The fourth-order valence-corrected chi connectivity index (χ4v) is 2.85. The second-order valence-corrected chi connectivity index (χ2v) is 5.72. The van der Waals surface area contributed by atoms with E-state index in [4.69, 9.17) is 11.6 Å². The van der Waals surface area contributed by atoms with Gasteiger partial charge in [0.1, 0.15) is 23.5 Å². The lowest BCUT2D eigenvalue weighted by Crippen LogP contribution is -2.04. The van der Waals surface area contributed by atoms with E-state index in [0.29, 0.717) is 22.6 Å². The fraction of sp³-hybridized carbons (Fsp3) is 0.125. The monoisotopic (exact) mass is 361 g/mol. The van der Waals surface area contributed by atoms with E-state index in [1.165, 1.54) is 18.3 Å². The molecule has 0 radical (unpaired) electrons. The van der Waals surface area contributed by atoms with E-state index < -0.39 is 10.7 Å². The summed E-state index contributed by atoms with van der Waals surface area (Å²) in [7, 11) is 1.69. The molecule has 0 aliphatic heterocycles. The number of nitro groups is 1. The standard InChI is InChI=1S/C16H13ClFN5O2/c1-9-14(11-6-5-10(18)8-12(11)17)16(22(2)21-9)20-13-4-3-7-19-15(13)23(24)25/h3-8,20H,1-2H3. The molecular formula is C16H13ClFN5O2. The van der Waals surface area contributed by atoms with Gasteiger partial charge in [0.2, 0.25) is 0 Å². The van der Waals surface area contributed by atoms with Crippen molar-refractivity contribution in [3.63, 3.8) is 0 Å². The molecule has 2 aromatic heterocycles. The summed E-state index contributed by atoms with van der Waals surface area (Å²) in [6.07, 6.45) is 1.34. The maximum Gasteiger partial charge on any atom is 0.387 e. The Morgan fingerprint density at radius 1 is 1.36 bits per heavy atom. The summed E-state index contributed by atoms with van der Waals surface area (Å²) in [6.45, 7) is 1.78. The maximum absolute atomic E-state index is 13.4. The normalized spacial score (nSPS) is 10.7. The Morgan fingerprint density at radius 2 is 2.12 bits per heavy atom. The predicted molar refractivity (Wildman–Crippen MR) is 92.5 cm³/mol. The Balaban J connectivity index is 2.14. The van der Waals surface area contributed by atoms with Crippen molar-refractivity contribution in [3.05, 3.63) is 63.2 Å².